The predicted octanol–water partition coefficient (Wildman–Crippen LogP) is 5.11. The van der Waals surface area contributed by atoms with Gasteiger partial charge in [-0.2, -0.15) is 9.97 Å². The van der Waals surface area contributed by atoms with Crippen molar-refractivity contribution in [3.63, 3.8) is 0 Å². The van der Waals surface area contributed by atoms with Crippen molar-refractivity contribution in [2.45, 2.75) is 120 Å². The van der Waals surface area contributed by atoms with Crippen molar-refractivity contribution in [1.29, 1.82) is 0 Å². The van der Waals surface area contributed by atoms with Crippen molar-refractivity contribution in [2.24, 2.45) is 17.6 Å². The van der Waals surface area contributed by atoms with E-state index in [0.717, 1.165) is 107 Å². The summed E-state index contributed by atoms with van der Waals surface area (Å²) in [5, 5.41) is 17.0. The maximum atomic E-state index is 12.5. The quantitative estimate of drug-likeness (QED) is 0.0595. The zero-order valence-corrected chi connectivity index (χ0v) is 42.0. The van der Waals surface area contributed by atoms with E-state index in [1.165, 1.54) is 75.1 Å². The number of hydrogen-bond donors (Lipinski definition) is 5. The molecule has 2 fully saturated rings. The van der Waals surface area contributed by atoms with Crippen LogP contribution in [0.5, 0.6) is 0 Å². The summed E-state index contributed by atoms with van der Waals surface area (Å²) >= 11 is 0. The number of aromatic nitrogens is 6. The van der Waals surface area contributed by atoms with Gasteiger partial charge in [-0.15, -0.1) is 10.2 Å². The number of nitrogens with one attached hydrogen (secondary N) is 4. The first-order valence-electron chi connectivity index (χ1n) is 23.3. The second kappa shape index (κ2) is 20.0. The lowest BCUT2D eigenvalue weighted by Crippen LogP contribution is -2.49. The molecule has 4 aliphatic carbocycles. The SMILES string of the molecule is CN1CC(CN)C1.CN1CC(CNS(=O)(=O)c2nc(Nc3c4c(cc5c3CCC5)CCC4)n[nH]2)C1.C[Si](C)(C)CCOCn1nc(S(=O)(=O)Cl)nc1Nc1c2c(cc3c1CCC3)CCC2. The summed E-state index contributed by atoms with van der Waals surface area (Å²) in [4.78, 5) is 12.9. The molecule has 0 saturated carbocycles. The molecule has 2 aromatic heterocycles. The van der Waals surface area contributed by atoms with E-state index in [9.17, 15) is 16.8 Å². The molecule has 0 amide bonds. The number of hydrogen-bond acceptors (Lipinski definition) is 14. The fraction of sp³-hybridized carbons (Fsp3) is 0.636. The van der Waals surface area contributed by atoms with Crippen LogP contribution in [0.15, 0.2) is 22.4 Å². The Morgan fingerprint density at radius 2 is 1.28 bits per heavy atom. The van der Waals surface area contributed by atoms with E-state index in [-0.39, 0.29) is 11.9 Å². The van der Waals surface area contributed by atoms with Crippen molar-refractivity contribution >= 4 is 61.1 Å². The summed E-state index contributed by atoms with van der Waals surface area (Å²) in [6.45, 7) is 13.1. The van der Waals surface area contributed by atoms with Crippen LogP contribution in [0.4, 0.5) is 23.3 Å². The first-order valence-corrected chi connectivity index (χ1v) is 30.8. The first-order chi connectivity index (χ1) is 30.9. The van der Waals surface area contributed by atoms with Crippen molar-refractivity contribution < 1.29 is 21.6 Å². The molecule has 65 heavy (non-hydrogen) atoms. The van der Waals surface area contributed by atoms with Crippen LogP contribution < -0.4 is 21.1 Å². The van der Waals surface area contributed by atoms with Gasteiger partial charge in [0.05, 0.1) is 0 Å². The molecule has 4 aromatic rings. The predicted molar refractivity (Wildman–Crippen MR) is 257 cm³/mol. The van der Waals surface area contributed by atoms with Crippen LogP contribution in [0.3, 0.4) is 0 Å². The van der Waals surface area contributed by atoms with E-state index in [1.54, 1.807) is 0 Å². The van der Waals surface area contributed by atoms with Gasteiger partial charge in [-0.05, 0) is 160 Å². The number of ether oxygens (including phenoxy) is 1. The number of aromatic amines is 1. The number of benzene rings is 2. The van der Waals surface area contributed by atoms with Crippen LogP contribution in [-0.2, 0) is 81.9 Å². The number of anilines is 4. The van der Waals surface area contributed by atoms with Crippen LogP contribution in [-0.4, -0.2) is 125 Å². The summed E-state index contributed by atoms with van der Waals surface area (Å²) in [5.41, 5.74) is 18.5. The van der Waals surface area contributed by atoms with Gasteiger partial charge in [0.25, 0.3) is 29.4 Å². The first kappa shape index (κ1) is 48.0. The molecule has 2 saturated heterocycles. The number of rotatable bonds is 15. The van der Waals surface area contributed by atoms with Crippen molar-refractivity contribution in [3.05, 3.63) is 56.6 Å². The fourth-order valence-electron chi connectivity index (χ4n) is 9.95. The Morgan fingerprint density at radius 3 is 1.74 bits per heavy atom. The molecule has 4 heterocycles. The minimum atomic E-state index is -4.03. The molecule has 2 aliphatic heterocycles. The minimum Gasteiger partial charge on any atom is -0.359 e. The lowest BCUT2D eigenvalue weighted by Gasteiger charge is -2.35. The van der Waals surface area contributed by atoms with E-state index in [1.807, 2.05) is 7.05 Å². The van der Waals surface area contributed by atoms with Gasteiger partial charge in [0.2, 0.25) is 11.9 Å². The largest absolute Gasteiger partial charge is 0.359 e. The summed E-state index contributed by atoms with van der Waals surface area (Å²) in [5.74, 6) is 1.83. The number of likely N-dealkylation sites (tertiary alicyclic amines) is 2. The monoisotopic (exact) mass is 970 g/mol. The van der Waals surface area contributed by atoms with Crippen molar-refractivity contribution in [1.82, 2.24) is 44.5 Å². The third-order valence-electron chi connectivity index (χ3n) is 13.4. The van der Waals surface area contributed by atoms with E-state index < -0.39 is 32.3 Å². The zero-order chi connectivity index (χ0) is 46.1. The highest BCUT2D eigenvalue weighted by molar-refractivity contribution is 8.13. The van der Waals surface area contributed by atoms with Gasteiger partial charge in [-0.3, -0.25) is 0 Å². The highest BCUT2D eigenvalue weighted by Gasteiger charge is 2.30. The number of sulfonamides is 1. The van der Waals surface area contributed by atoms with Gasteiger partial charge in [0, 0.05) is 69.5 Å². The van der Waals surface area contributed by atoms with E-state index >= 15 is 0 Å². The normalized spacial score (nSPS) is 18.4. The lowest BCUT2D eigenvalue weighted by atomic mass is 9.99. The topological polar surface area (TPSA) is 218 Å². The molecule has 0 spiro atoms. The molecular formula is C44H67ClN12O5S2Si. The Kier molecular flexibility index (Phi) is 14.8. The summed E-state index contributed by atoms with van der Waals surface area (Å²) in [7, 11) is 0.733. The van der Waals surface area contributed by atoms with Gasteiger partial charge in [-0.25, -0.2) is 31.3 Å². The Labute approximate surface area is 389 Å². The Morgan fingerprint density at radius 1 is 0.769 bits per heavy atom. The Balaban J connectivity index is 0.000000154. The number of aryl methyl sites for hydroxylation is 4. The second-order valence-electron chi connectivity index (χ2n) is 19.9. The van der Waals surface area contributed by atoms with Crippen LogP contribution in [0, 0.1) is 11.8 Å². The number of H-pyrrole nitrogens is 1. The van der Waals surface area contributed by atoms with E-state index in [2.05, 4.69) is 89.2 Å². The molecule has 356 valence electrons. The molecule has 6 N–H and O–H groups in total. The smallest absolute Gasteiger partial charge is 0.298 e. The van der Waals surface area contributed by atoms with Crippen LogP contribution in [0.1, 0.15) is 70.2 Å². The molecule has 0 atom stereocenters. The highest BCUT2D eigenvalue weighted by Crippen LogP contribution is 2.41. The maximum absolute atomic E-state index is 12.5. The van der Waals surface area contributed by atoms with E-state index in [0.29, 0.717) is 31.0 Å². The number of nitrogens with two attached hydrogens (primary N) is 1. The van der Waals surface area contributed by atoms with Gasteiger partial charge in [0.15, 0.2) is 0 Å². The molecule has 17 nitrogen and oxygen atoms in total. The molecule has 6 aliphatic rings. The molecule has 2 aromatic carbocycles. The number of nitrogens with zero attached hydrogens (tertiary/aromatic N) is 7. The highest BCUT2D eigenvalue weighted by atomic mass is 35.7. The van der Waals surface area contributed by atoms with Crippen LogP contribution >= 0.6 is 10.7 Å². The molecule has 0 radical (unpaired) electrons. The number of halogens is 1. The molecule has 10 rings (SSSR count). The van der Waals surface area contributed by atoms with Crippen LogP contribution in [0.2, 0.25) is 25.7 Å². The van der Waals surface area contributed by atoms with Gasteiger partial charge < -0.3 is 30.9 Å². The average molecular weight is 972 g/mol. The van der Waals surface area contributed by atoms with Gasteiger partial charge in [-0.1, -0.05) is 31.8 Å². The minimum absolute atomic E-state index is 0.128. The Hall–Kier alpha value is -3.47. The number of fused-ring (bicyclic) bond motifs is 4. The van der Waals surface area contributed by atoms with Crippen molar-refractivity contribution in [3.8, 4) is 0 Å². The standard InChI is InChI=1S/C20H29ClN4O3SSi.C19H26N6O2S.C5H12N2/c1-30(2,3)11-10-28-13-25-19(23-20(24-25)29(21,26)27)22-18-16-8-4-6-14(16)12-15-7-5-9-17(15)18;1-25-10-12(11-25)9-20-28(26,27)19-22-18(23-24-19)21-17-15-6-2-4-13(15)8-14-5-3-7-16(14)17;1-7-3-5(2-6)4-7/h12H,4-11,13H2,1-3H3,(H,22,23,24);8,12,20H,2-7,9-11H2,1H3,(H2,21,22,23,24);5H,2-4,6H2,1H3. The third-order valence-corrected chi connectivity index (χ3v) is 17.4. The van der Waals surface area contributed by atoms with Crippen LogP contribution in [0.25, 0.3) is 0 Å². The molecule has 0 unspecified atom stereocenters. The summed E-state index contributed by atoms with van der Waals surface area (Å²) in [6, 6.07) is 5.74. The van der Waals surface area contributed by atoms with E-state index in [4.69, 9.17) is 21.2 Å². The fourth-order valence-corrected chi connectivity index (χ4v) is 12.3. The average Bonchev–Trinajstić information content (AvgIpc) is 4.08. The lowest BCUT2D eigenvalue weighted by molar-refractivity contribution is 0.0792. The molecule has 0 bridgehead atoms. The zero-order valence-electron chi connectivity index (χ0n) is 38.6. The van der Waals surface area contributed by atoms with Gasteiger partial charge in [0.1, 0.15) is 6.73 Å². The summed E-state index contributed by atoms with van der Waals surface area (Å²) < 4.78 is 58.6. The summed E-state index contributed by atoms with van der Waals surface area (Å²) in [6.07, 6.45) is 13.2. The van der Waals surface area contributed by atoms with Gasteiger partial charge >= 0.3 is 0 Å². The third kappa shape index (κ3) is 11.6. The van der Waals surface area contributed by atoms with Crippen molar-refractivity contribution in [2.75, 3.05) is 70.6 Å². The maximum Gasteiger partial charge on any atom is 0.298 e. The second-order valence-corrected chi connectivity index (χ2v) is 29.7. The Bertz CT molecular complexity index is 2510. The molecule has 21 heteroatoms. The molecular weight excluding hydrogens is 904 g/mol.